The van der Waals surface area contributed by atoms with Crippen LogP contribution in [0.15, 0.2) is 91.0 Å². The van der Waals surface area contributed by atoms with Crippen LogP contribution in [-0.4, -0.2) is 93.3 Å². The fraction of sp³-hybridized carbons (Fsp3) is 0.397. The summed E-state index contributed by atoms with van der Waals surface area (Å²) >= 11 is 1.45. The summed E-state index contributed by atoms with van der Waals surface area (Å²) in [5, 5.41) is 11.6. The number of carbonyl (C=O) groups excluding carboxylic acids is 4. The Bertz CT molecular complexity index is 3210. The minimum absolute atomic E-state index is 0.210. The number of piperidine rings is 2. The zero-order valence-electron chi connectivity index (χ0n) is 42.9. The van der Waals surface area contributed by atoms with E-state index < -0.39 is 17.5 Å². The second-order valence-electron chi connectivity index (χ2n) is 20.7. The predicted molar refractivity (Wildman–Crippen MR) is 288 cm³/mol. The van der Waals surface area contributed by atoms with Crippen molar-refractivity contribution in [1.29, 1.82) is 0 Å². The van der Waals surface area contributed by atoms with Crippen LogP contribution in [0.1, 0.15) is 115 Å². The molecule has 2 saturated heterocycles. The van der Waals surface area contributed by atoms with Gasteiger partial charge in [-0.05, 0) is 162 Å². The van der Waals surface area contributed by atoms with Crippen LogP contribution in [0.4, 0.5) is 10.9 Å². The van der Waals surface area contributed by atoms with E-state index in [4.69, 9.17) is 19.2 Å². The molecule has 3 aliphatic rings. The van der Waals surface area contributed by atoms with Gasteiger partial charge in [0.05, 0.1) is 40.6 Å². The highest BCUT2D eigenvalue weighted by Gasteiger charge is 2.32. The number of likely N-dealkylation sites (tertiary alicyclic amines) is 1. The van der Waals surface area contributed by atoms with Crippen LogP contribution in [0.25, 0.3) is 32.2 Å². The van der Waals surface area contributed by atoms with Gasteiger partial charge in [0.2, 0.25) is 11.8 Å². The third-order valence-corrected chi connectivity index (χ3v) is 15.4. The molecule has 0 spiro atoms. The van der Waals surface area contributed by atoms with Crippen LogP contribution in [0, 0.1) is 12.8 Å². The van der Waals surface area contributed by atoms with E-state index in [9.17, 15) is 19.2 Å². The number of aromatic nitrogens is 4. The zero-order chi connectivity index (χ0) is 51.5. The van der Waals surface area contributed by atoms with E-state index in [2.05, 4.69) is 36.6 Å². The molecule has 3 aromatic heterocycles. The van der Waals surface area contributed by atoms with Gasteiger partial charge in [0.15, 0.2) is 10.8 Å². The number of pyridine rings is 1. The Morgan fingerprint density at radius 2 is 1.66 bits per heavy atom. The minimum Gasteiger partial charge on any atom is -0.493 e. The molecule has 384 valence electrons. The number of hydrogen-bond acceptors (Lipinski definition) is 13. The summed E-state index contributed by atoms with van der Waals surface area (Å²) in [6.07, 6.45) is 6.77. The van der Waals surface area contributed by atoms with Crippen molar-refractivity contribution >= 4 is 67.1 Å². The van der Waals surface area contributed by atoms with Crippen molar-refractivity contribution in [2.24, 2.45) is 13.0 Å². The van der Waals surface area contributed by atoms with Crippen molar-refractivity contribution < 1.29 is 33.4 Å². The van der Waals surface area contributed by atoms with Gasteiger partial charge in [-0.3, -0.25) is 29.7 Å². The molecule has 3 aliphatic heterocycles. The van der Waals surface area contributed by atoms with E-state index in [0.29, 0.717) is 79.3 Å². The Kier molecular flexibility index (Phi) is 14.8. The topological polar surface area (TPSA) is 170 Å². The normalized spacial score (nSPS) is 16.6. The number of hydrogen-bond donors (Lipinski definition) is 2. The number of para-hydroxylation sites is 1. The lowest BCUT2D eigenvalue weighted by Crippen LogP contribution is -2.39. The molecule has 7 aromatic rings. The Morgan fingerprint density at radius 3 is 2.47 bits per heavy atom. The Balaban J connectivity index is 0.719. The summed E-state index contributed by atoms with van der Waals surface area (Å²) in [5.74, 6) is 1.17. The lowest BCUT2D eigenvalue weighted by Gasteiger charge is -2.32. The molecule has 4 aromatic carbocycles. The molecule has 0 radical (unpaired) electrons. The van der Waals surface area contributed by atoms with Crippen LogP contribution in [0.3, 0.4) is 0 Å². The van der Waals surface area contributed by atoms with Crippen LogP contribution >= 0.6 is 11.3 Å². The number of nitrogens with zero attached hydrogens (tertiary/aromatic N) is 6. The Morgan fingerprint density at radius 1 is 0.851 bits per heavy atom. The van der Waals surface area contributed by atoms with E-state index in [1.165, 1.54) is 11.3 Å². The SMILES string of the molecule is Cc1c(OCCCC2CCN(CCCOc3ccc4c(C5CCC(=O)NC5=O)nn(C)c4c3)CC2)cccc1-c1ccc(N2CCc3cccc(C(=O)Nc4nc5ccccc5s4)c3C2)nc1C(=O)OC(C)(C)C. The summed E-state index contributed by atoms with van der Waals surface area (Å²) in [6.45, 7) is 13.0. The number of fused-ring (bicyclic) bond motifs is 3. The highest BCUT2D eigenvalue weighted by molar-refractivity contribution is 7.22. The summed E-state index contributed by atoms with van der Waals surface area (Å²) in [4.78, 5) is 66.4. The lowest BCUT2D eigenvalue weighted by molar-refractivity contribution is -0.134. The van der Waals surface area contributed by atoms with Crippen LogP contribution in [0.2, 0.25) is 0 Å². The molecule has 2 fully saturated rings. The van der Waals surface area contributed by atoms with Crippen LogP contribution < -0.4 is 25.0 Å². The first kappa shape index (κ1) is 50.4. The first-order valence-electron chi connectivity index (χ1n) is 25.9. The maximum atomic E-state index is 14.0. The molecular weight excluding hydrogens is 953 g/mol. The fourth-order valence-electron chi connectivity index (χ4n) is 10.6. The number of esters is 1. The van der Waals surface area contributed by atoms with Crippen LogP contribution in [-0.2, 0) is 34.3 Å². The van der Waals surface area contributed by atoms with Crippen molar-refractivity contribution in [2.45, 2.75) is 97.1 Å². The molecule has 74 heavy (non-hydrogen) atoms. The summed E-state index contributed by atoms with van der Waals surface area (Å²) in [6, 6.07) is 29.4. The molecule has 0 saturated carbocycles. The molecule has 15 nitrogen and oxygen atoms in total. The van der Waals surface area contributed by atoms with Gasteiger partial charge in [0.1, 0.15) is 22.9 Å². The van der Waals surface area contributed by atoms with Gasteiger partial charge >= 0.3 is 5.97 Å². The molecule has 0 bridgehead atoms. The van der Waals surface area contributed by atoms with Gasteiger partial charge in [-0.15, -0.1) is 0 Å². The average Bonchev–Trinajstić information content (AvgIpc) is 3.95. The fourth-order valence-corrected chi connectivity index (χ4v) is 11.4. The number of imide groups is 1. The molecule has 2 N–H and O–H groups in total. The summed E-state index contributed by atoms with van der Waals surface area (Å²) in [7, 11) is 1.87. The third-order valence-electron chi connectivity index (χ3n) is 14.4. The second kappa shape index (κ2) is 21.7. The monoisotopic (exact) mass is 1020 g/mol. The third kappa shape index (κ3) is 11.3. The van der Waals surface area contributed by atoms with Crippen molar-refractivity contribution in [3.63, 3.8) is 0 Å². The van der Waals surface area contributed by atoms with E-state index in [0.717, 1.165) is 107 Å². The van der Waals surface area contributed by atoms with Crippen LogP contribution in [0.5, 0.6) is 11.5 Å². The van der Waals surface area contributed by atoms with E-state index in [-0.39, 0.29) is 23.4 Å². The molecule has 10 rings (SSSR count). The van der Waals surface area contributed by atoms with Gasteiger partial charge in [0, 0.05) is 55.7 Å². The average molecular weight is 1020 g/mol. The van der Waals surface area contributed by atoms with E-state index in [1.807, 2.05) is 120 Å². The molecule has 16 heteroatoms. The second-order valence-corrected chi connectivity index (χ2v) is 21.8. The Hall–Kier alpha value is -7.17. The molecular formula is C58H64N8O7S. The van der Waals surface area contributed by atoms with Crippen molar-refractivity contribution in [2.75, 3.05) is 49.6 Å². The quantitative estimate of drug-likeness (QED) is 0.0534. The Labute approximate surface area is 435 Å². The number of aryl methyl sites for hydroxylation is 1. The minimum atomic E-state index is -0.734. The standard InChI is InChI=1S/C58H64N8O7S/c1-36-40(41-21-23-50(60-53(41)56(70)73-58(2,3)4)66-31-27-38-13-8-15-42(45(38)35-66)54(68)62-57-59-46-16-6-7-18-49(46)74-57)14-9-17-48(36)72-32-10-12-37-25-29-65(30-26-37)28-11-33-71-39-19-20-43-47(34-39)64(5)63-52(43)44-22-24-51(67)61-55(44)69/h6-9,13-21,23,34,37,44H,10-12,22,24-33,35H2,1-5H3,(H,59,62,68)(H,61,67,69). The highest BCUT2D eigenvalue weighted by Crippen LogP contribution is 2.37. The molecule has 1 atom stereocenters. The molecule has 3 amide bonds. The lowest BCUT2D eigenvalue weighted by atomic mass is 9.92. The number of benzene rings is 4. The smallest absolute Gasteiger partial charge is 0.358 e. The predicted octanol–water partition coefficient (Wildman–Crippen LogP) is 10.2. The maximum Gasteiger partial charge on any atom is 0.358 e. The van der Waals surface area contributed by atoms with Crippen molar-refractivity contribution in [1.82, 2.24) is 30.0 Å². The molecule has 0 aliphatic carbocycles. The van der Waals surface area contributed by atoms with Crippen molar-refractivity contribution in [3.05, 3.63) is 125 Å². The highest BCUT2D eigenvalue weighted by atomic mass is 32.1. The van der Waals surface area contributed by atoms with E-state index in [1.54, 1.807) is 4.68 Å². The number of nitrogens with one attached hydrogen (secondary N) is 2. The van der Waals surface area contributed by atoms with E-state index >= 15 is 0 Å². The maximum absolute atomic E-state index is 14.0. The molecule has 6 heterocycles. The van der Waals surface area contributed by atoms with Gasteiger partial charge < -0.3 is 24.0 Å². The largest absolute Gasteiger partial charge is 0.493 e. The molecule has 1 unspecified atom stereocenters. The number of rotatable bonds is 16. The first-order valence-corrected chi connectivity index (χ1v) is 26.7. The summed E-state index contributed by atoms with van der Waals surface area (Å²) in [5.41, 5.74) is 7.02. The number of amides is 3. The van der Waals surface area contributed by atoms with Gasteiger partial charge in [0.25, 0.3) is 5.91 Å². The van der Waals surface area contributed by atoms with Gasteiger partial charge in [-0.2, -0.15) is 5.10 Å². The van der Waals surface area contributed by atoms with Crippen molar-refractivity contribution in [3.8, 4) is 22.6 Å². The number of thiazole rings is 1. The van der Waals surface area contributed by atoms with Gasteiger partial charge in [-0.25, -0.2) is 14.8 Å². The first-order chi connectivity index (χ1) is 35.7. The number of ether oxygens (including phenoxy) is 3. The zero-order valence-corrected chi connectivity index (χ0v) is 43.7. The summed E-state index contributed by atoms with van der Waals surface area (Å²) < 4.78 is 21.4. The number of anilines is 2. The number of carbonyl (C=O) groups is 4. The van der Waals surface area contributed by atoms with Gasteiger partial charge in [-0.1, -0.05) is 47.7 Å².